The molecule has 7 heteroatoms. The van der Waals surface area contributed by atoms with Gasteiger partial charge in [0.2, 0.25) is 0 Å². The fourth-order valence-corrected chi connectivity index (χ4v) is 4.10. The van der Waals surface area contributed by atoms with Crippen molar-refractivity contribution in [1.29, 1.82) is 0 Å². The Balaban J connectivity index is 1.57. The summed E-state index contributed by atoms with van der Waals surface area (Å²) in [5.74, 6) is 0.275. The molecular weight excluding hydrogens is 370 g/mol. The Morgan fingerprint density at radius 3 is 2.59 bits per heavy atom. The smallest absolute Gasteiger partial charge is 0.274 e. The van der Waals surface area contributed by atoms with E-state index < -0.39 is 12.1 Å². The number of hydroxylamine groups is 1. The topological polar surface area (TPSA) is 87.0 Å². The molecule has 3 N–H and O–H groups in total. The van der Waals surface area contributed by atoms with Crippen LogP contribution in [0, 0.1) is 0 Å². The van der Waals surface area contributed by atoms with Gasteiger partial charge in [-0.2, -0.15) is 0 Å². The van der Waals surface area contributed by atoms with Gasteiger partial charge in [-0.25, -0.2) is 5.48 Å². The first-order chi connectivity index (χ1) is 14.0. The van der Waals surface area contributed by atoms with Crippen molar-refractivity contribution in [3.63, 3.8) is 0 Å². The summed E-state index contributed by atoms with van der Waals surface area (Å²) >= 11 is 0. The fraction of sp³-hybridized carbons (Fsp3) is 0.318. The molecule has 1 atom stereocenters. The minimum Gasteiger partial charge on any atom is -0.497 e. The maximum absolute atomic E-state index is 11.7. The van der Waals surface area contributed by atoms with Crippen molar-refractivity contribution in [2.24, 2.45) is 7.05 Å². The number of aliphatic hydroxyl groups is 1. The van der Waals surface area contributed by atoms with Crippen molar-refractivity contribution in [2.75, 3.05) is 20.2 Å². The molecule has 0 spiro atoms. The molecule has 1 unspecified atom stereocenters. The molecule has 0 saturated heterocycles. The highest BCUT2D eigenvalue weighted by atomic mass is 16.5. The lowest BCUT2D eigenvalue weighted by Crippen LogP contribution is -2.32. The monoisotopic (exact) mass is 395 g/mol. The Hall–Kier alpha value is -2.87. The average Bonchev–Trinajstić information content (AvgIpc) is 2.94. The van der Waals surface area contributed by atoms with Crippen LogP contribution in [0.3, 0.4) is 0 Å². The SMILES string of the molecule is COc1ccc2c(c1)cc(C(O)N1CCc3ccc(C(=O)NO)cc3CC1)n2C. The second-order valence-electron chi connectivity index (χ2n) is 7.39. The van der Waals surface area contributed by atoms with Crippen LogP contribution in [0.15, 0.2) is 42.5 Å². The van der Waals surface area contributed by atoms with Gasteiger partial charge in [0.05, 0.1) is 12.8 Å². The number of amides is 1. The summed E-state index contributed by atoms with van der Waals surface area (Å²) in [6, 6.07) is 13.4. The zero-order chi connectivity index (χ0) is 20.5. The number of carbonyl (C=O) groups is 1. The van der Waals surface area contributed by atoms with E-state index in [0.717, 1.165) is 46.3 Å². The molecule has 3 aromatic rings. The number of fused-ring (bicyclic) bond motifs is 2. The Morgan fingerprint density at radius 2 is 1.86 bits per heavy atom. The summed E-state index contributed by atoms with van der Waals surface area (Å²) < 4.78 is 7.32. The van der Waals surface area contributed by atoms with Crippen LogP contribution in [0.25, 0.3) is 10.9 Å². The Kier molecular flexibility index (Phi) is 5.27. The number of aryl methyl sites for hydroxylation is 1. The molecule has 1 aliphatic rings. The Morgan fingerprint density at radius 1 is 1.10 bits per heavy atom. The van der Waals surface area contributed by atoms with Crippen LogP contribution < -0.4 is 10.2 Å². The lowest BCUT2D eigenvalue weighted by molar-refractivity contribution is -0.000358. The number of hydrogen-bond donors (Lipinski definition) is 3. The van der Waals surface area contributed by atoms with Crippen LogP contribution in [0.1, 0.15) is 33.4 Å². The van der Waals surface area contributed by atoms with Crippen molar-refractivity contribution in [3.05, 3.63) is 64.8 Å². The van der Waals surface area contributed by atoms with Crippen LogP contribution in [0.2, 0.25) is 0 Å². The first-order valence-corrected chi connectivity index (χ1v) is 9.63. The van der Waals surface area contributed by atoms with Gasteiger partial charge in [-0.3, -0.25) is 14.9 Å². The number of aromatic nitrogens is 1. The van der Waals surface area contributed by atoms with E-state index in [1.54, 1.807) is 18.7 Å². The van der Waals surface area contributed by atoms with Crippen molar-refractivity contribution in [2.45, 2.75) is 19.1 Å². The van der Waals surface area contributed by atoms with Crippen LogP contribution in [-0.4, -0.2) is 45.9 Å². The van der Waals surface area contributed by atoms with Gasteiger partial charge >= 0.3 is 0 Å². The number of carbonyl (C=O) groups excluding carboxylic acids is 1. The van der Waals surface area contributed by atoms with Gasteiger partial charge in [-0.05, 0) is 60.4 Å². The highest BCUT2D eigenvalue weighted by Gasteiger charge is 2.24. The number of benzene rings is 2. The first-order valence-electron chi connectivity index (χ1n) is 9.63. The van der Waals surface area contributed by atoms with Gasteiger partial charge in [0.25, 0.3) is 5.91 Å². The summed E-state index contributed by atoms with van der Waals surface area (Å²) in [5.41, 5.74) is 6.22. The van der Waals surface area contributed by atoms with Crippen molar-refractivity contribution in [1.82, 2.24) is 14.9 Å². The van der Waals surface area contributed by atoms with Crippen LogP contribution >= 0.6 is 0 Å². The van der Waals surface area contributed by atoms with Crippen LogP contribution in [-0.2, 0) is 19.9 Å². The third-order valence-corrected chi connectivity index (χ3v) is 5.80. The quantitative estimate of drug-likeness (QED) is 0.466. The average molecular weight is 395 g/mol. The highest BCUT2D eigenvalue weighted by molar-refractivity contribution is 5.93. The van der Waals surface area contributed by atoms with E-state index in [0.29, 0.717) is 18.7 Å². The molecule has 7 nitrogen and oxygen atoms in total. The van der Waals surface area contributed by atoms with Crippen molar-refractivity contribution >= 4 is 16.8 Å². The molecule has 1 amide bonds. The van der Waals surface area contributed by atoms with E-state index in [1.807, 2.05) is 48.0 Å². The molecule has 1 aromatic heterocycles. The molecule has 1 aliphatic heterocycles. The Bertz CT molecular complexity index is 1060. The van der Waals surface area contributed by atoms with Crippen LogP contribution in [0.4, 0.5) is 0 Å². The number of rotatable bonds is 4. The molecule has 0 saturated carbocycles. The standard InChI is InChI=1S/C22H25N3O4/c1-24-19-6-5-18(29-2)12-17(19)13-20(24)22(27)25-9-7-14-3-4-16(21(26)23-28)11-15(14)8-10-25/h3-6,11-13,22,27-28H,7-10H2,1-2H3,(H,23,26). The number of nitrogens with one attached hydrogen (secondary N) is 1. The van der Waals surface area contributed by atoms with Crippen molar-refractivity contribution < 1.29 is 19.8 Å². The molecule has 0 bridgehead atoms. The number of ether oxygens (including phenoxy) is 1. The zero-order valence-corrected chi connectivity index (χ0v) is 16.6. The molecule has 4 rings (SSSR count). The van der Waals surface area contributed by atoms with Gasteiger partial charge in [-0.1, -0.05) is 6.07 Å². The molecule has 2 aromatic carbocycles. The van der Waals surface area contributed by atoms with E-state index in [1.165, 1.54) is 0 Å². The fourth-order valence-electron chi connectivity index (χ4n) is 4.10. The summed E-state index contributed by atoms with van der Waals surface area (Å²) in [6.07, 6.45) is 0.773. The summed E-state index contributed by atoms with van der Waals surface area (Å²) in [7, 11) is 3.60. The summed E-state index contributed by atoms with van der Waals surface area (Å²) in [5, 5.41) is 21.0. The van der Waals surface area contributed by atoms with Gasteiger partial charge in [0.15, 0.2) is 0 Å². The van der Waals surface area contributed by atoms with Gasteiger partial charge in [0, 0.05) is 36.6 Å². The van der Waals surface area contributed by atoms with Gasteiger partial charge in [-0.15, -0.1) is 0 Å². The lowest BCUT2D eigenvalue weighted by atomic mass is 10.00. The largest absolute Gasteiger partial charge is 0.497 e. The molecule has 0 radical (unpaired) electrons. The van der Waals surface area contributed by atoms with E-state index in [9.17, 15) is 9.90 Å². The van der Waals surface area contributed by atoms with E-state index in [-0.39, 0.29) is 0 Å². The molecular formula is C22H25N3O4. The number of nitrogens with zero attached hydrogens (tertiary/aromatic N) is 2. The Labute approximate surface area is 169 Å². The molecule has 0 fully saturated rings. The molecule has 2 heterocycles. The maximum atomic E-state index is 11.7. The minimum atomic E-state index is -0.729. The lowest BCUT2D eigenvalue weighted by Gasteiger charge is -2.26. The first kappa shape index (κ1) is 19.4. The van der Waals surface area contributed by atoms with Crippen molar-refractivity contribution in [3.8, 4) is 5.75 Å². The van der Waals surface area contributed by atoms with E-state index in [4.69, 9.17) is 9.94 Å². The number of methoxy groups -OCH3 is 1. The zero-order valence-electron chi connectivity index (χ0n) is 16.6. The predicted molar refractivity (Wildman–Crippen MR) is 109 cm³/mol. The molecule has 0 aliphatic carbocycles. The summed E-state index contributed by atoms with van der Waals surface area (Å²) in [4.78, 5) is 13.7. The number of aliphatic hydroxyl groups excluding tert-OH is 1. The minimum absolute atomic E-state index is 0.433. The molecule has 152 valence electrons. The third kappa shape index (κ3) is 3.60. The maximum Gasteiger partial charge on any atom is 0.274 e. The van der Waals surface area contributed by atoms with Gasteiger partial charge < -0.3 is 14.4 Å². The highest BCUT2D eigenvalue weighted by Crippen LogP contribution is 2.29. The third-order valence-electron chi connectivity index (χ3n) is 5.80. The second kappa shape index (κ2) is 7.87. The summed E-state index contributed by atoms with van der Waals surface area (Å²) in [6.45, 7) is 1.38. The van der Waals surface area contributed by atoms with Gasteiger partial charge in [0.1, 0.15) is 12.0 Å². The number of hydrogen-bond acceptors (Lipinski definition) is 5. The normalized spacial score (nSPS) is 15.6. The van der Waals surface area contributed by atoms with E-state index >= 15 is 0 Å². The second-order valence-corrected chi connectivity index (χ2v) is 7.39. The van der Waals surface area contributed by atoms with Crippen LogP contribution in [0.5, 0.6) is 5.75 Å². The molecule has 29 heavy (non-hydrogen) atoms. The predicted octanol–water partition coefficient (Wildman–Crippen LogP) is 2.40. The van der Waals surface area contributed by atoms with E-state index in [2.05, 4.69) is 4.90 Å².